The Labute approximate surface area is 134 Å². The zero-order chi connectivity index (χ0) is 16.6. The lowest BCUT2D eigenvalue weighted by molar-refractivity contribution is 0.103. The normalized spacial score (nSPS) is 11.1. The van der Waals surface area contributed by atoms with Crippen molar-refractivity contribution in [3.05, 3.63) is 81.2 Å². The second-order valence-electron chi connectivity index (χ2n) is 6.02. The maximum atomic E-state index is 12.9. The molecule has 0 aliphatic heterocycles. The van der Waals surface area contributed by atoms with E-state index in [-0.39, 0.29) is 22.7 Å². The van der Waals surface area contributed by atoms with Gasteiger partial charge in [-0.3, -0.25) is 9.59 Å². The molecule has 3 heteroatoms. The molecular formula is C20H18O3. The van der Waals surface area contributed by atoms with Crippen LogP contribution < -0.4 is 5.43 Å². The summed E-state index contributed by atoms with van der Waals surface area (Å²) >= 11 is 0. The number of hydrogen-bond donors (Lipinski definition) is 0. The second-order valence-corrected chi connectivity index (χ2v) is 6.02. The van der Waals surface area contributed by atoms with Crippen molar-refractivity contribution < 1.29 is 9.21 Å². The Morgan fingerprint density at radius 1 is 1.00 bits per heavy atom. The van der Waals surface area contributed by atoms with Crippen LogP contribution in [0, 0.1) is 6.92 Å². The SMILES string of the molecule is Cc1ccc(C(=O)c2c(C(C)C)oc3ccccc3c2=O)cc1. The maximum Gasteiger partial charge on any atom is 0.204 e. The number of carbonyl (C=O) groups is 1. The molecule has 0 saturated carbocycles. The molecule has 23 heavy (non-hydrogen) atoms. The molecule has 3 nitrogen and oxygen atoms in total. The Morgan fingerprint density at radius 3 is 2.30 bits per heavy atom. The molecule has 1 aromatic heterocycles. The third-order valence-electron chi connectivity index (χ3n) is 3.89. The van der Waals surface area contributed by atoms with Gasteiger partial charge in [-0.1, -0.05) is 55.8 Å². The van der Waals surface area contributed by atoms with E-state index in [1.54, 1.807) is 30.3 Å². The summed E-state index contributed by atoms with van der Waals surface area (Å²) in [6, 6.07) is 14.3. The molecule has 0 spiro atoms. The predicted molar refractivity (Wildman–Crippen MR) is 91.2 cm³/mol. The highest BCUT2D eigenvalue weighted by Gasteiger charge is 2.23. The van der Waals surface area contributed by atoms with E-state index in [1.807, 2.05) is 39.0 Å². The number of benzene rings is 2. The summed E-state index contributed by atoms with van der Waals surface area (Å²) in [7, 11) is 0. The summed E-state index contributed by atoms with van der Waals surface area (Å²) in [5.74, 6) is 0.101. The fourth-order valence-electron chi connectivity index (χ4n) is 2.63. The van der Waals surface area contributed by atoms with Crippen LogP contribution in [0.1, 0.15) is 47.0 Å². The van der Waals surface area contributed by atoms with Crippen molar-refractivity contribution >= 4 is 16.8 Å². The average Bonchev–Trinajstić information content (AvgIpc) is 2.55. The zero-order valence-corrected chi connectivity index (χ0v) is 13.4. The van der Waals surface area contributed by atoms with Gasteiger partial charge in [-0.25, -0.2) is 0 Å². The van der Waals surface area contributed by atoms with Crippen LogP contribution in [-0.4, -0.2) is 5.78 Å². The molecule has 116 valence electrons. The van der Waals surface area contributed by atoms with Crippen molar-refractivity contribution in [1.29, 1.82) is 0 Å². The first-order valence-corrected chi connectivity index (χ1v) is 7.66. The number of carbonyl (C=O) groups excluding carboxylic acids is 1. The topological polar surface area (TPSA) is 47.3 Å². The van der Waals surface area contributed by atoms with Crippen molar-refractivity contribution in [3.8, 4) is 0 Å². The van der Waals surface area contributed by atoms with E-state index in [0.29, 0.717) is 22.3 Å². The lowest BCUT2D eigenvalue weighted by atomic mass is 9.95. The van der Waals surface area contributed by atoms with E-state index in [0.717, 1.165) is 5.56 Å². The fourth-order valence-corrected chi connectivity index (χ4v) is 2.63. The summed E-state index contributed by atoms with van der Waals surface area (Å²) < 4.78 is 5.88. The molecule has 3 aromatic rings. The molecule has 2 aromatic carbocycles. The van der Waals surface area contributed by atoms with Crippen molar-refractivity contribution in [1.82, 2.24) is 0 Å². The number of para-hydroxylation sites is 1. The van der Waals surface area contributed by atoms with Gasteiger partial charge < -0.3 is 4.42 Å². The summed E-state index contributed by atoms with van der Waals surface area (Å²) in [6.45, 7) is 5.79. The number of rotatable bonds is 3. The number of hydrogen-bond acceptors (Lipinski definition) is 3. The Morgan fingerprint density at radius 2 is 1.65 bits per heavy atom. The van der Waals surface area contributed by atoms with Crippen LogP contribution >= 0.6 is 0 Å². The highest BCUT2D eigenvalue weighted by atomic mass is 16.3. The third kappa shape index (κ3) is 2.70. The van der Waals surface area contributed by atoms with Gasteiger partial charge in [0.25, 0.3) is 0 Å². The quantitative estimate of drug-likeness (QED) is 0.671. The zero-order valence-electron chi connectivity index (χ0n) is 13.4. The van der Waals surface area contributed by atoms with Crippen LogP contribution in [0.2, 0.25) is 0 Å². The molecule has 0 saturated heterocycles. The lowest BCUT2D eigenvalue weighted by Gasteiger charge is -2.12. The summed E-state index contributed by atoms with van der Waals surface area (Å²) in [5, 5.41) is 0.437. The summed E-state index contributed by atoms with van der Waals surface area (Å²) in [5.41, 5.74) is 1.96. The largest absolute Gasteiger partial charge is 0.460 e. The van der Waals surface area contributed by atoms with Gasteiger partial charge >= 0.3 is 0 Å². The molecule has 3 rings (SSSR count). The third-order valence-corrected chi connectivity index (χ3v) is 3.89. The van der Waals surface area contributed by atoms with E-state index in [1.165, 1.54) is 0 Å². The standard InChI is InChI=1S/C20H18O3/c1-12(2)20-17(18(21)14-10-8-13(3)9-11-14)19(22)15-6-4-5-7-16(15)23-20/h4-12H,1-3H3. The summed E-state index contributed by atoms with van der Waals surface area (Å²) in [6.07, 6.45) is 0. The molecule has 0 aliphatic carbocycles. The molecule has 0 amide bonds. The van der Waals surface area contributed by atoms with Gasteiger partial charge in [-0.15, -0.1) is 0 Å². The fraction of sp³-hybridized carbons (Fsp3) is 0.200. The van der Waals surface area contributed by atoms with E-state index >= 15 is 0 Å². The van der Waals surface area contributed by atoms with E-state index in [2.05, 4.69) is 0 Å². The summed E-state index contributed by atoms with van der Waals surface area (Å²) in [4.78, 5) is 25.7. The molecular weight excluding hydrogens is 288 g/mol. The Hall–Kier alpha value is -2.68. The van der Waals surface area contributed by atoms with Gasteiger partial charge in [0.1, 0.15) is 16.9 Å². The molecule has 0 atom stereocenters. The minimum atomic E-state index is -0.284. The molecule has 1 heterocycles. The molecule has 0 unspecified atom stereocenters. The number of fused-ring (bicyclic) bond motifs is 1. The minimum Gasteiger partial charge on any atom is -0.460 e. The van der Waals surface area contributed by atoms with Crippen LogP contribution in [0.25, 0.3) is 11.0 Å². The monoisotopic (exact) mass is 306 g/mol. The minimum absolute atomic E-state index is 0.0586. The first-order valence-electron chi connectivity index (χ1n) is 7.66. The van der Waals surface area contributed by atoms with Crippen molar-refractivity contribution in [2.75, 3.05) is 0 Å². The lowest BCUT2D eigenvalue weighted by Crippen LogP contribution is -2.20. The average molecular weight is 306 g/mol. The van der Waals surface area contributed by atoms with Crippen LogP contribution in [0.3, 0.4) is 0 Å². The molecule has 0 fully saturated rings. The van der Waals surface area contributed by atoms with Gasteiger partial charge in [-0.05, 0) is 19.1 Å². The first kappa shape index (κ1) is 15.2. The maximum absolute atomic E-state index is 12.9. The van der Waals surface area contributed by atoms with E-state index < -0.39 is 0 Å². The van der Waals surface area contributed by atoms with Crippen LogP contribution in [0.4, 0.5) is 0 Å². The first-order chi connectivity index (χ1) is 11.0. The van der Waals surface area contributed by atoms with Crippen molar-refractivity contribution in [2.24, 2.45) is 0 Å². The van der Waals surface area contributed by atoms with Gasteiger partial charge in [0.15, 0.2) is 5.78 Å². The number of ketones is 1. The van der Waals surface area contributed by atoms with Crippen LogP contribution in [0.15, 0.2) is 57.7 Å². The van der Waals surface area contributed by atoms with Gasteiger partial charge in [0.05, 0.1) is 5.39 Å². The second kappa shape index (κ2) is 5.84. The van der Waals surface area contributed by atoms with Crippen molar-refractivity contribution in [3.63, 3.8) is 0 Å². The predicted octanol–water partition coefficient (Wildman–Crippen LogP) is 4.46. The Kier molecular flexibility index (Phi) is 3.87. The van der Waals surface area contributed by atoms with E-state index in [9.17, 15) is 9.59 Å². The molecule has 0 N–H and O–H groups in total. The highest BCUT2D eigenvalue weighted by Crippen LogP contribution is 2.24. The smallest absolute Gasteiger partial charge is 0.204 e. The molecule has 0 aliphatic rings. The molecule has 0 bridgehead atoms. The van der Waals surface area contributed by atoms with Gasteiger partial charge in [-0.2, -0.15) is 0 Å². The highest BCUT2D eigenvalue weighted by molar-refractivity contribution is 6.10. The Balaban J connectivity index is 2.28. The van der Waals surface area contributed by atoms with E-state index in [4.69, 9.17) is 4.42 Å². The Bertz CT molecular complexity index is 931. The van der Waals surface area contributed by atoms with Crippen LogP contribution in [-0.2, 0) is 0 Å². The van der Waals surface area contributed by atoms with Crippen molar-refractivity contribution in [2.45, 2.75) is 26.7 Å². The van der Waals surface area contributed by atoms with Gasteiger partial charge in [0, 0.05) is 11.5 Å². The number of aryl methyl sites for hydroxylation is 1. The molecule has 0 radical (unpaired) electrons. The van der Waals surface area contributed by atoms with Gasteiger partial charge in [0.2, 0.25) is 5.43 Å². The van der Waals surface area contributed by atoms with Crippen LogP contribution in [0.5, 0.6) is 0 Å².